The van der Waals surface area contributed by atoms with Crippen molar-refractivity contribution in [2.75, 3.05) is 6.54 Å². The Balaban J connectivity index is 1.94. The van der Waals surface area contributed by atoms with Gasteiger partial charge in [0.15, 0.2) is 0 Å². The summed E-state index contributed by atoms with van der Waals surface area (Å²) in [6.07, 6.45) is 0.737. The lowest BCUT2D eigenvalue weighted by molar-refractivity contribution is 0.584. The second-order valence-electron chi connectivity index (χ2n) is 3.59. The van der Waals surface area contributed by atoms with Crippen LogP contribution in [0.15, 0.2) is 33.9 Å². The largest absolute Gasteiger partial charge is 0.250 e. The zero-order valence-electron chi connectivity index (χ0n) is 9.34. The summed E-state index contributed by atoms with van der Waals surface area (Å²) in [5, 5.41) is 1.99. The number of rotatable bonds is 5. The van der Waals surface area contributed by atoms with Gasteiger partial charge < -0.3 is 0 Å². The third kappa shape index (κ3) is 3.38. The van der Waals surface area contributed by atoms with Gasteiger partial charge in [-0.15, -0.1) is 22.7 Å². The molecule has 92 valence electrons. The first-order valence-electron chi connectivity index (χ1n) is 5.16. The fraction of sp³-hybridized carbons (Fsp3) is 0.273. The molecule has 2 aromatic heterocycles. The van der Waals surface area contributed by atoms with Crippen LogP contribution in [0.1, 0.15) is 9.75 Å². The predicted molar refractivity (Wildman–Crippen MR) is 72.3 cm³/mol. The van der Waals surface area contributed by atoms with Crippen LogP contribution < -0.4 is 4.72 Å². The molecule has 3 nitrogen and oxygen atoms in total. The average Bonchev–Trinajstić information content (AvgIpc) is 2.89. The molecule has 0 spiro atoms. The van der Waals surface area contributed by atoms with Crippen LogP contribution in [0.3, 0.4) is 0 Å². The van der Waals surface area contributed by atoms with Crippen LogP contribution in [0.25, 0.3) is 0 Å². The van der Waals surface area contributed by atoms with Crippen molar-refractivity contribution < 1.29 is 8.42 Å². The van der Waals surface area contributed by atoms with Crippen molar-refractivity contribution in [3.05, 3.63) is 39.4 Å². The second kappa shape index (κ2) is 5.30. The van der Waals surface area contributed by atoms with Crippen LogP contribution in [0.5, 0.6) is 0 Å². The summed E-state index contributed by atoms with van der Waals surface area (Å²) >= 11 is 2.94. The molecule has 17 heavy (non-hydrogen) atoms. The van der Waals surface area contributed by atoms with E-state index in [0.717, 1.165) is 11.3 Å². The summed E-state index contributed by atoms with van der Waals surface area (Å²) in [4.78, 5) is 2.19. The number of thiophene rings is 2. The van der Waals surface area contributed by atoms with Gasteiger partial charge in [-0.1, -0.05) is 6.07 Å². The Kier molecular flexibility index (Phi) is 3.98. The Morgan fingerprint density at radius 1 is 1.29 bits per heavy atom. The fourth-order valence-corrected chi connectivity index (χ4v) is 4.46. The zero-order valence-corrected chi connectivity index (χ0v) is 11.8. The molecule has 0 aliphatic heterocycles. The van der Waals surface area contributed by atoms with Crippen molar-refractivity contribution in [3.63, 3.8) is 0 Å². The summed E-state index contributed by atoms with van der Waals surface area (Å²) in [6, 6.07) is 7.44. The van der Waals surface area contributed by atoms with Gasteiger partial charge in [0.05, 0.1) is 0 Å². The highest BCUT2D eigenvalue weighted by Gasteiger charge is 2.15. The van der Waals surface area contributed by atoms with Crippen molar-refractivity contribution in [3.8, 4) is 0 Å². The smallest absolute Gasteiger partial charge is 0.210 e. The summed E-state index contributed by atoms with van der Waals surface area (Å²) in [5.41, 5.74) is 0. The fourth-order valence-electron chi connectivity index (χ4n) is 1.39. The maximum Gasteiger partial charge on any atom is 0.250 e. The van der Waals surface area contributed by atoms with Gasteiger partial charge >= 0.3 is 0 Å². The quantitative estimate of drug-likeness (QED) is 0.919. The molecule has 0 radical (unpaired) electrons. The Labute approximate surface area is 109 Å². The van der Waals surface area contributed by atoms with Gasteiger partial charge in [-0.2, -0.15) is 0 Å². The SMILES string of the molecule is Cc1ccc(S(=O)(=O)NCCc2cccs2)s1. The van der Waals surface area contributed by atoms with Crippen molar-refractivity contribution in [2.45, 2.75) is 17.6 Å². The Hall–Kier alpha value is -0.690. The molecule has 0 saturated carbocycles. The summed E-state index contributed by atoms with van der Waals surface area (Å²) in [5.74, 6) is 0. The van der Waals surface area contributed by atoms with E-state index in [1.807, 2.05) is 30.5 Å². The summed E-state index contributed by atoms with van der Waals surface area (Å²) < 4.78 is 26.8. The number of sulfonamides is 1. The standard InChI is InChI=1S/C11H13NO2S3/c1-9-4-5-11(16-9)17(13,14)12-7-6-10-3-2-8-15-10/h2-5,8,12H,6-7H2,1H3. The van der Waals surface area contributed by atoms with Gasteiger partial charge in [-0.25, -0.2) is 13.1 Å². The first-order chi connectivity index (χ1) is 8.08. The van der Waals surface area contributed by atoms with Crippen molar-refractivity contribution in [1.82, 2.24) is 4.72 Å². The van der Waals surface area contributed by atoms with Crippen LogP contribution >= 0.6 is 22.7 Å². The van der Waals surface area contributed by atoms with Crippen molar-refractivity contribution >= 4 is 32.7 Å². The van der Waals surface area contributed by atoms with Crippen LogP contribution in [0, 0.1) is 6.92 Å². The number of aryl methyl sites for hydroxylation is 1. The van der Waals surface area contributed by atoms with Crippen LogP contribution in [-0.4, -0.2) is 15.0 Å². The molecule has 2 rings (SSSR count). The first-order valence-corrected chi connectivity index (χ1v) is 8.34. The minimum absolute atomic E-state index is 0.390. The number of hydrogen-bond donors (Lipinski definition) is 1. The molecule has 1 N–H and O–H groups in total. The van der Waals surface area contributed by atoms with Gasteiger partial charge in [0.2, 0.25) is 10.0 Å². The van der Waals surface area contributed by atoms with E-state index in [0.29, 0.717) is 10.8 Å². The third-order valence-electron chi connectivity index (χ3n) is 2.22. The molecular weight excluding hydrogens is 274 g/mol. The number of nitrogens with one attached hydrogen (secondary N) is 1. The van der Waals surface area contributed by atoms with E-state index in [2.05, 4.69) is 4.72 Å². The van der Waals surface area contributed by atoms with Crippen molar-refractivity contribution in [1.29, 1.82) is 0 Å². The highest BCUT2D eigenvalue weighted by molar-refractivity contribution is 7.91. The maximum atomic E-state index is 11.9. The third-order valence-corrected chi connectivity index (χ3v) is 6.11. The molecule has 2 aromatic rings. The minimum atomic E-state index is -3.32. The van der Waals surface area contributed by atoms with E-state index in [-0.39, 0.29) is 0 Å². The molecule has 0 aliphatic carbocycles. The molecule has 6 heteroatoms. The van der Waals surface area contributed by atoms with Gasteiger partial charge in [-0.3, -0.25) is 0 Å². The molecular formula is C11H13NO2S3. The van der Waals surface area contributed by atoms with Gasteiger partial charge in [0.1, 0.15) is 4.21 Å². The second-order valence-corrected chi connectivity index (χ2v) is 7.91. The Morgan fingerprint density at radius 2 is 2.12 bits per heavy atom. The lowest BCUT2D eigenvalue weighted by Crippen LogP contribution is -2.25. The molecule has 0 amide bonds. The molecule has 0 unspecified atom stereocenters. The Morgan fingerprint density at radius 3 is 2.71 bits per heavy atom. The van der Waals surface area contributed by atoms with E-state index < -0.39 is 10.0 Å². The lowest BCUT2D eigenvalue weighted by atomic mass is 10.3. The van der Waals surface area contributed by atoms with Crippen LogP contribution in [0.4, 0.5) is 0 Å². The molecule has 0 aliphatic rings. The zero-order chi connectivity index (χ0) is 12.3. The van der Waals surface area contributed by atoms with E-state index in [9.17, 15) is 8.42 Å². The number of hydrogen-bond acceptors (Lipinski definition) is 4. The highest BCUT2D eigenvalue weighted by Crippen LogP contribution is 2.20. The molecule has 0 saturated heterocycles. The van der Waals surface area contributed by atoms with Crippen LogP contribution in [0.2, 0.25) is 0 Å². The van der Waals surface area contributed by atoms with E-state index in [4.69, 9.17) is 0 Å². The lowest BCUT2D eigenvalue weighted by Gasteiger charge is -2.03. The maximum absolute atomic E-state index is 11.9. The monoisotopic (exact) mass is 287 g/mol. The van der Waals surface area contributed by atoms with Gasteiger partial charge in [0, 0.05) is 16.3 Å². The Bertz CT molecular complexity index is 570. The van der Waals surface area contributed by atoms with Gasteiger partial charge in [-0.05, 0) is 36.9 Å². The van der Waals surface area contributed by atoms with Crippen LogP contribution in [-0.2, 0) is 16.4 Å². The van der Waals surface area contributed by atoms with Gasteiger partial charge in [0.25, 0.3) is 0 Å². The average molecular weight is 287 g/mol. The molecule has 2 heterocycles. The summed E-state index contributed by atoms with van der Waals surface area (Å²) in [7, 11) is -3.32. The molecule has 0 aromatic carbocycles. The normalized spacial score (nSPS) is 11.8. The molecule has 0 bridgehead atoms. The van der Waals surface area contributed by atoms with E-state index in [1.165, 1.54) is 16.2 Å². The molecule has 0 atom stereocenters. The first kappa shape index (κ1) is 12.8. The predicted octanol–water partition coefficient (Wildman–Crippen LogP) is 2.64. The highest BCUT2D eigenvalue weighted by atomic mass is 32.2. The minimum Gasteiger partial charge on any atom is -0.210 e. The van der Waals surface area contributed by atoms with E-state index >= 15 is 0 Å². The van der Waals surface area contributed by atoms with Crippen molar-refractivity contribution in [2.24, 2.45) is 0 Å². The summed E-state index contributed by atoms with van der Waals surface area (Å²) in [6.45, 7) is 2.34. The molecule has 0 fully saturated rings. The topological polar surface area (TPSA) is 46.2 Å². The van der Waals surface area contributed by atoms with E-state index in [1.54, 1.807) is 17.4 Å².